The lowest BCUT2D eigenvalue weighted by Crippen LogP contribution is -2.34. The second kappa shape index (κ2) is 10.0. The molecule has 0 spiro atoms. The maximum absolute atomic E-state index is 12.2. The summed E-state index contributed by atoms with van der Waals surface area (Å²) in [6, 6.07) is 14.1. The molecule has 3 rings (SSSR count). The molecule has 1 aliphatic rings. The van der Waals surface area contributed by atoms with Crippen molar-refractivity contribution in [2.75, 3.05) is 19.7 Å². The Kier molecular flexibility index (Phi) is 7.19. The Morgan fingerprint density at radius 2 is 1.93 bits per heavy atom. The molecule has 1 N–H and O–H groups in total. The summed E-state index contributed by atoms with van der Waals surface area (Å²) >= 11 is 0. The van der Waals surface area contributed by atoms with E-state index in [4.69, 9.17) is 4.74 Å². The molecule has 0 aliphatic carbocycles. The summed E-state index contributed by atoms with van der Waals surface area (Å²) in [6.07, 6.45) is 2.51. The Hall–Kier alpha value is -2.93. The topological polar surface area (TPSA) is 84.7 Å². The molecule has 0 bridgehead atoms. The fraction of sp³-hybridized carbons (Fsp3) is 0.409. The highest BCUT2D eigenvalue weighted by Gasteiger charge is 2.18. The standard InChI is InChI=1S/C22H27N3O4/c1-17-7-6-12-24(14-17)15-19-9-3-2-8-18(19)13-23-22(26)16-29-21-11-5-4-10-20(21)25(27)28/h2-5,8-11,17H,6-7,12-16H2,1H3,(H,23,26)/t17-/m0/s1. The number of carbonyl (C=O) groups is 1. The van der Waals surface area contributed by atoms with Gasteiger partial charge in [-0.25, -0.2) is 0 Å². The second-order valence-electron chi connectivity index (χ2n) is 7.54. The van der Waals surface area contributed by atoms with Crippen LogP contribution in [0.1, 0.15) is 30.9 Å². The Morgan fingerprint density at radius 1 is 1.21 bits per heavy atom. The van der Waals surface area contributed by atoms with Crippen molar-refractivity contribution in [3.05, 3.63) is 69.8 Å². The molecule has 154 valence electrons. The van der Waals surface area contributed by atoms with Gasteiger partial charge in [0.25, 0.3) is 5.91 Å². The lowest BCUT2D eigenvalue weighted by atomic mass is 9.99. The Labute approximate surface area is 170 Å². The molecule has 2 aromatic rings. The van der Waals surface area contributed by atoms with Gasteiger partial charge in [0.1, 0.15) is 0 Å². The number of nitro groups is 1. The predicted octanol–water partition coefficient (Wildman–Crippen LogP) is 3.52. The fourth-order valence-corrected chi connectivity index (χ4v) is 3.67. The summed E-state index contributed by atoms with van der Waals surface area (Å²) < 4.78 is 5.35. The monoisotopic (exact) mass is 397 g/mol. The van der Waals surface area contributed by atoms with E-state index >= 15 is 0 Å². The summed E-state index contributed by atoms with van der Waals surface area (Å²) in [5.41, 5.74) is 2.13. The van der Waals surface area contributed by atoms with Crippen LogP contribution in [0.2, 0.25) is 0 Å². The number of ether oxygens (including phenoxy) is 1. The van der Waals surface area contributed by atoms with E-state index < -0.39 is 4.92 Å². The van der Waals surface area contributed by atoms with Crippen molar-refractivity contribution in [3.8, 4) is 5.75 Å². The van der Waals surface area contributed by atoms with Gasteiger partial charge < -0.3 is 10.1 Å². The largest absolute Gasteiger partial charge is 0.477 e. The summed E-state index contributed by atoms with van der Waals surface area (Å²) in [7, 11) is 0. The molecule has 1 fully saturated rings. The number of nitrogens with one attached hydrogen (secondary N) is 1. The number of amides is 1. The number of rotatable bonds is 8. The number of hydrogen-bond donors (Lipinski definition) is 1. The van der Waals surface area contributed by atoms with Crippen molar-refractivity contribution in [2.45, 2.75) is 32.9 Å². The second-order valence-corrected chi connectivity index (χ2v) is 7.54. The minimum atomic E-state index is -0.523. The first-order valence-corrected chi connectivity index (χ1v) is 9.95. The Balaban J connectivity index is 1.53. The van der Waals surface area contributed by atoms with E-state index in [0.717, 1.165) is 31.1 Å². The smallest absolute Gasteiger partial charge is 0.310 e. The van der Waals surface area contributed by atoms with Crippen molar-refractivity contribution >= 4 is 11.6 Å². The average Bonchev–Trinajstić information content (AvgIpc) is 2.72. The van der Waals surface area contributed by atoms with Gasteiger partial charge in [-0.15, -0.1) is 0 Å². The molecular weight excluding hydrogens is 370 g/mol. The van der Waals surface area contributed by atoms with Crippen LogP contribution in [0.5, 0.6) is 5.75 Å². The van der Waals surface area contributed by atoms with Crippen molar-refractivity contribution in [2.24, 2.45) is 5.92 Å². The number of hydrogen-bond acceptors (Lipinski definition) is 5. The van der Waals surface area contributed by atoms with E-state index in [2.05, 4.69) is 23.2 Å². The molecular formula is C22H27N3O4. The van der Waals surface area contributed by atoms with E-state index in [9.17, 15) is 14.9 Å². The fourth-order valence-electron chi connectivity index (χ4n) is 3.67. The van der Waals surface area contributed by atoms with Crippen LogP contribution in [0, 0.1) is 16.0 Å². The third-order valence-corrected chi connectivity index (χ3v) is 5.15. The van der Waals surface area contributed by atoms with Gasteiger partial charge in [0.05, 0.1) is 4.92 Å². The first kappa shape index (κ1) is 20.8. The van der Waals surface area contributed by atoms with Gasteiger partial charge in [-0.1, -0.05) is 43.3 Å². The molecule has 1 saturated heterocycles. The van der Waals surface area contributed by atoms with E-state index in [1.165, 1.54) is 30.5 Å². The lowest BCUT2D eigenvalue weighted by Gasteiger charge is -2.31. The molecule has 1 atom stereocenters. The molecule has 0 aromatic heterocycles. The van der Waals surface area contributed by atoms with Crippen LogP contribution in [0.3, 0.4) is 0 Å². The summed E-state index contributed by atoms with van der Waals surface area (Å²) in [5, 5.41) is 13.9. The Morgan fingerprint density at radius 3 is 2.69 bits per heavy atom. The SMILES string of the molecule is C[C@H]1CCCN(Cc2ccccc2CNC(=O)COc2ccccc2[N+](=O)[O-])C1. The molecule has 1 heterocycles. The normalized spacial score (nSPS) is 16.9. The minimum absolute atomic E-state index is 0.0901. The highest BCUT2D eigenvalue weighted by Crippen LogP contribution is 2.25. The van der Waals surface area contributed by atoms with Gasteiger partial charge in [0, 0.05) is 25.7 Å². The van der Waals surface area contributed by atoms with Gasteiger partial charge in [-0.3, -0.25) is 19.8 Å². The summed E-state index contributed by atoms with van der Waals surface area (Å²) in [4.78, 5) is 25.2. The van der Waals surface area contributed by atoms with Crippen LogP contribution in [-0.2, 0) is 17.9 Å². The van der Waals surface area contributed by atoms with Crippen LogP contribution >= 0.6 is 0 Å². The zero-order valence-electron chi connectivity index (χ0n) is 16.7. The molecule has 0 unspecified atom stereocenters. The third kappa shape index (κ3) is 6.02. The molecule has 0 saturated carbocycles. The number of piperidine rings is 1. The lowest BCUT2D eigenvalue weighted by molar-refractivity contribution is -0.385. The highest BCUT2D eigenvalue weighted by molar-refractivity contribution is 5.77. The molecule has 1 amide bonds. The predicted molar refractivity (Wildman–Crippen MR) is 111 cm³/mol. The van der Waals surface area contributed by atoms with E-state index in [0.29, 0.717) is 6.54 Å². The molecule has 7 heteroatoms. The van der Waals surface area contributed by atoms with Gasteiger partial charge in [0.15, 0.2) is 12.4 Å². The van der Waals surface area contributed by atoms with Crippen LogP contribution in [0.15, 0.2) is 48.5 Å². The van der Waals surface area contributed by atoms with Crippen molar-refractivity contribution < 1.29 is 14.5 Å². The van der Waals surface area contributed by atoms with Crippen LogP contribution in [-0.4, -0.2) is 35.4 Å². The molecule has 0 radical (unpaired) electrons. The van der Waals surface area contributed by atoms with Crippen LogP contribution in [0.25, 0.3) is 0 Å². The number of carbonyl (C=O) groups excluding carboxylic acids is 1. The van der Waals surface area contributed by atoms with Gasteiger partial charge in [-0.2, -0.15) is 0 Å². The molecule has 2 aromatic carbocycles. The number of para-hydroxylation sites is 2. The van der Waals surface area contributed by atoms with E-state index in [1.807, 2.05) is 18.2 Å². The highest BCUT2D eigenvalue weighted by atomic mass is 16.6. The van der Waals surface area contributed by atoms with Gasteiger partial charge >= 0.3 is 5.69 Å². The van der Waals surface area contributed by atoms with Crippen LogP contribution in [0.4, 0.5) is 5.69 Å². The maximum atomic E-state index is 12.2. The molecule has 7 nitrogen and oxygen atoms in total. The average molecular weight is 397 g/mol. The zero-order valence-corrected chi connectivity index (χ0v) is 16.7. The van der Waals surface area contributed by atoms with E-state index in [1.54, 1.807) is 12.1 Å². The number of likely N-dealkylation sites (tertiary alicyclic amines) is 1. The minimum Gasteiger partial charge on any atom is -0.477 e. The van der Waals surface area contributed by atoms with Crippen molar-refractivity contribution in [3.63, 3.8) is 0 Å². The third-order valence-electron chi connectivity index (χ3n) is 5.15. The van der Waals surface area contributed by atoms with Crippen molar-refractivity contribution in [1.29, 1.82) is 0 Å². The molecule has 29 heavy (non-hydrogen) atoms. The Bertz CT molecular complexity index is 855. The number of nitro benzene ring substituents is 1. The van der Waals surface area contributed by atoms with Gasteiger partial charge in [0.2, 0.25) is 0 Å². The maximum Gasteiger partial charge on any atom is 0.310 e. The van der Waals surface area contributed by atoms with E-state index in [-0.39, 0.29) is 24.0 Å². The number of nitrogens with zero attached hydrogens (tertiary/aromatic N) is 2. The summed E-state index contributed by atoms with van der Waals surface area (Å²) in [5.74, 6) is 0.492. The molecule has 1 aliphatic heterocycles. The first-order valence-electron chi connectivity index (χ1n) is 9.95. The van der Waals surface area contributed by atoms with Gasteiger partial charge in [-0.05, 0) is 42.5 Å². The zero-order chi connectivity index (χ0) is 20.6. The van der Waals surface area contributed by atoms with Crippen LogP contribution < -0.4 is 10.1 Å². The van der Waals surface area contributed by atoms with Crippen molar-refractivity contribution in [1.82, 2.24) is 10.2 Å². The number of benzene rings is 2. The first-order chi connectivity index (χ1) is 14.0. The summed E-state index contributed by atoms with van der Waals surface area (Å²) in [6.45, 7) is 5.51. The quantitative estimate of drug-likeness (QED) is 0.544.